The lowest BCUT2D eigenvalue weighted by Gasteiger charge is -2.13. The minimum atomic E-state index is -3.90. The number of sulfonamides is 1. The van der Waals surface area contributed by atoms with Crippen LogP contribution in [0.2, 0.25) is 5.02 Å². The van der Waals surface area contributed by atoms with E-state index in [1.165, 1.54) is 19.2 Å². The van der Waals surface area contributed by atoms with Crippen LogP contribution in [-0.2, 0) is 10.0 Å². The van der Waals surface area contributed by atoms with Gasteiger partial charge in [-0.1, -0.05) is 66.2 Å². The molecule has 1 heterocycles. The smallest absolute Gasteiger partial charge is 0.264 e. The van der Waals surface area contributed by atoms with Crippen molar-refractivity contribution in [3.8, 4) is 28.6 Å². The third-order valence-corrected chi connectivity index (χ3v) is 6.13. The molecular weight excluding hydrogens is 450 g/mol. The molecule has 0 radical (unpaired) electrons. The summed E-state index contributed by atoms with van der Waals surface area (Å²) in [5.74, 6) is 0.719. The second-order valence-corrected chi connectivity index (χ2v) is 8.63. The number of benzene rings is 3. The fourth-order valence-corrected chi connectivity index (χ4v) is 4.10. The molecule has 4 aromatic rings. The topological polar surface area (TPSA) is 90.4 Å². The molecule has 0 atom stereocenters. The fraction of sp³-hybridized carbons (Fsp3) is 0.0435. The number of nitrogens with zero attached hydrogens (tertiary/aromatic N) is 2. The zero-order chi connectivity index (χ0) is 22.6. The number of ether oxygens (including phenoxy) is 2. The summed E-state index contributed by atoms with van der Waals surface area (Å²) in [7, 11) is -2.40. The van der Waals surface area contributed by atoms with Gasteiger partial charge in [-0.25, -0.2) is 18.1 Å². The van der Waals surface area contributed by atoms with Crippen LogP contribution in [0.1, 0.15) is 0 Å². The van der Waals surface area contributed by atoms with Gasteiger partial charge >= 0.3 is 0 Å². The van der Waals surface area contributed by atoms with E-state index < -0.39 is 10.0 Å². The van der Waals surface area contributed by atoms with E-state index in [1.54, 1.807) is 42.5 Å². The number of methoxy groups -OCH3 is 1. The summed E-state index contributed by atoms with van der Waals surface area (Å²) in [4.78, 5) is 8.70. The number of anilines is 1. The maximum absolute atomic E-state index is 12.8. The van der Waals surface area contributed by atoms with Crippen LogP contribution in [0.25, 0.3) is 11.3 Å². The van der Waals surface area contributed by atoms with Gasteiger partial charge in [0.25, 0.3) is 10.0 Å². The van der Waals surface area contributed by atoms with Crippen molar-refractivity contribution in [3.63, 3.8) is 0 Å². The van der Waals surface area contributed by atoms with Gasteiger partial charge in [0.1, 0.15) is 10.8 Å². The van der Waals surface area contributed by atoms with Crippen LogP contribution in [-0.4, -0.2) is 25.5 Å². The molecule has 0 aliphatic carbocycles. The van der Waals surface area contributed by atoms with Gasteiger partial charge in [0.15, 0.2) is 5.75 Å². The predicted molar refractivity (Wildman–Crippen MR) is 123 cm³/mol. The molecule has 0 unspecified atom stereocenters. The molecule has 1 N–H and O–H groups in total. The molecule has 162 valence electrons. The monoisotopic (exact) mass is 467 g/mol. The summed E-state index contributed by atoms with van der Waals surface area (Å²) < 4.78 is 39.1. The number of aromatic nitrogens is 2. The number of hydrogen-bond donors (Lipinski definition) is 1. The van der Waals surface area contributed by atoms with Gasteiger partial charge in [-0.05, 0) is 24.3 Å². The average Bonchev–Trinajstić information content (AvgIpc) is 2.81. The largest absolute Gasteiger partial charge is 0.495 e. The molecule has 3 aromatic carbocycles. The van der Waals surface area contributed by atoms with E-state index in [2.05, 4.69) is 14.7 Å². The molecular formula is C23H18ClN3O4S. The Bertz CT molecular complexity index is 1330. The Morgan fingerprint density at radius 2 is 1.50 bits per heavy atom. The molecule has 0 bridgehead atoms. The molecule has 0 aliphatic rings. The Morgan fingerprint density at radius 3 is 2.19 bits per heavy atom. The molecule has 0 aliphatic heterocycles. The molecule has 4 rings (SSSR count). The molecule has 7 nitrogen and oxygen atoms in total. The highest BCUT2D eigenvalue weighted by molar-refractivity contribution is 7.92. The maximum Gasteiger partial charge on any atom is 0.264 e. The lowest BCUT2D eigenvalue weighted by molar-refractivity contribution is 0.408. The second kappa shape index (κ2) is 9.25. The van der Waals surface area contributed by atoms with Gasteiger partial charge < -0.3 is 9.47 Å². The lowest BCUT2D eigenvalue weighted by atomic mass is 10.1. The first-order chi connectivity index (χ1) is 15.5. The third-order valence-electron chi connectivity index (χ3n) is 4.41. The number of rotatable bonds is 7. The van der Waals surface area contributed by atoms with Gasteiger partial charge in [0, 0.05) is 11.6 Å². The molecule has 0 amide bonds. The van der Waals surface area contributed by atoms with E-state index in [9.17, 15) is 8.42 Å². The van der Waals surface area contributed by atoms with Crippen LogP contribution in [0.4, 0.5) is 5.95 Å². The summed E-state index contributed by atoms with van der Waals surface area (Å²) >= 11 is 6.34. The predicted octanol–water partition coefficient (Wildman–Crippen LogP) is 5.40. The number of nitrogens with one attached hydrogen (secondary N) is 1. The minimum absolute atomic E-state index is 0.0898. The molecule has 0 saturated carbocycles. The molecule has 0 fully saturated rings. The number of hydrogen-bond acceptors (Lipinski definition) is 6. The van der Waals surface area contributed by atoms with E-state index in [4.69, 9.17) is 21.1 Å². The first-order valence-electron chi connectivity index (χ1n) is 9.49. The summed E-state index contributed by atoms with van der Waals surface area (Å²) in [5, 5.41) is 0.265. The van der Waals surface area contributed by atoms with Crippen molar-refractivity contribution in [3.05, 3.63) is 90.0 Å². The van der Waals surface area contributed by atoms with Crippen LogP contribution in [0.5, 0.6) is 17.4 Å². The van der Waals surface area contributed by atoms with Gasteiger partial charge in [-0.2, -0.15) is 4.98 Å². The van der Waals surface area contributed by atoms with Crippen LogP contribution < -0.4 is 14.2 Å². The zero-order valence-corrected chi connectivity index (χ0v) is 18.5. The molecule has 32 heavy (non-hydrogen) atoms. The normalized spacial score (nSPS) is 11.1. The first-order valence-corrected chi connectivity index (χ1v) is 11.3. The van der Waals surface area contributed by atoms with Crippen molar-refractivity contribution in [2.45, 2.75) is 4.90 Å². The quantitative estimate of drug-likeness (QED) is 0.391. The summed E-state index contributed by atoms with van der Waals surface area (Å²) in [6.45, 7) is 0. The highest BCUT2D eigenvalue weighted by Gasteiger charge is 2.18. The van der Waals surface area contributed by atoms with Gasteiger partial charge in [-0.3, -0.25) is 0 Å². The van der Waals surface area contributed by atoms with E-state index >= 15 is 0 Å². The van der Waals surface area contributed by atoms with Crippen molar-refractivity contribution in [1.29, 1.82) is 0 Å². The van der Waals surface area contributed by atoms with Gasteiger partial charge in [-0.15, -0.1) is 0 Å². The van der Waals surface area contributed by atoms with E-state index in [-0.39, 0.29) is 21.7 Å². The molecule has 1 aromatic heterocycles. The molecule has 0 spiro atoms. The van der Waals surface area contributed by atoms with E-state index in [1.807, 2.05) is 30.3 Å². The van der Waals surface area contributed by atoms with Crippen molar-refractivity contribution >= 4 is 27.6 Å². The molecule has 0 saturated heterocycles. The Balaban J connectivity index is 1.75. The van der Waals surface area contributed by atoms with Crippen molar-refractivity contribution in [2.75, 3.05) is 11.8 Å². The minimum Gasteiger partial charge on any atom is -0.495 e. The lowest BCUT2D eigenvalue weighted by Crippen LogP contribution is -2.15. The highest BCUT2D eigenvalue weighted by Crippen LogP contribution is 2.36. The standard InChI is InChI=1S/C23H18ClN3O4S/c1-30-19-13-8-14-20(22(19)24)31-21-15-18(16-9-4-2-5-10-16)25-23(26-21)27-32(28,29)17-11-6-3-7-12-17/h2-15H,1H3,(H,25,26,27). The third kappa shape index (κ3) is 4.82. The average molecular weight is 468 g/mol. The summed E-state index contributed by atoms with van der Waals surface area (Å²) in [6, 6.07) is 23.9. The summed E-state index contributed by atoms with van der Waals surface area (Å²) in [6.07, 6.45) is 0. The highest BCUT2D eigenvalue weighted by atomic mass is 35.5. The van der Waals surface area contributed by atoms with E-state index in [0.717, 1.165) is 5.56 Å². The van der Waals surface area contributed by atoms with E-state index in [0.29, 0.717) is 17.2 Å². The van der Waals surface area contributed by atoms with Crippen molar-refractivity contribution in [1.82, 2.24) is 9.97 Å². The maximum atomic E-state index is 12.8. The fourth-order valence-electron chi connectivity index (χ4n) is 2.90. The Hall–Kier alpha value is -3.62. The Morgan fingerprint density at radius 1 is 0.844 bits per heavy atom. The first kappa shape index (κ1) is 21.6. The second-order valence-electron chi connectivity index (χ2n) is 6.57. The number of halogens is 1. The Labute approximate surface area is 190 Å². The van der Waals surface area contributed by atoms with Crippen molar-refractivity contribution < 1.29 is 17.9 Å². The van der Waals surface area contributed by atoms with Gasteiger partial charge in [0.2, 0.25) is 11.8 Å². The van der Waals surface area contributed by atoms with Gasteiger partial charge in [0.05, 0.1) is 17.7 Å². The summed E-state index contributed by atoms with van der Waals surface area (Å²) in [5.41, 5.74) is 1.23. The van der Waals surface area contributed by atoms with Crippen LogP contribution in [0.3, 0.4) is 0 Å². The molecule has 9 heteroatoms. The Kier molecular flexibility index (Phi) is 6.25. The zero-order valence-electron chi connectivity index (χ0n) is 16.9. The van der Waals surface area contributed by atoms with Crippen LogP contribution >= 0.6 is 11.6 Å². The SMILES string of the molecule is COc1cccc(Oc2cc(-c3ccccc3)nc(NS(=O)(=O)c3ccccc3)n2)c1Cl. The van der Waals surface area contributed by atoms with Crippen LogP contribution in [0, 0.1) is 0 Å². The van der Waals surface area contributed by atoms with Crippen LogP contribution in [0.15, 0.2) is 89.8 Å². The van der Waals surface area contributed by atoms with Crippen molar-refractivity contribution in [2.24, 2.45) is 0 Å².